The lowest BCUT2D eigenvalue weighted by Gasteiger charge is -2.21. The maximum Gasteiger partial charge on any atom is 0.147 e. The van der Waals surface area contributed by atoms with Crippen molar-refractivity contribution in [1.82, 2.24) is 4.90 Å². The molecule has 0 radical (unpaired) electrons. The summed E-state index contributed by atoms with van der Waals surface area (Å²) in [6, 6.07) is 10.4. The molecule has 0 aromatic heterocycles. The molecule has 0 amide bonds. The first-order valence-corrected chi connectivity index (χ1v) is 9.58. The van der Waals surface area contributed by atoms with Gasteiger partial charge in [-0.05, 0) is 36.8 Å². The van der Waals surface area contributed by atoms with Crippen molar-refractivity contribution in [2.24, 2.45) is 9.98 Å². The number of halogens is 1. The van der Waals surface area contributed by atoms with Crippen molar-refractivity contribution in [3.63, 3.8) is 0 Å². The Kier molecular flexibility index (Phi) is 4.79. The van der Waals surface area contributed by atoms with E-state index in [2.05, 4.69) is 21.6 Å². The normalized spacial score (nSPS) is 14.7. The number of nitrogens with zero attached hydrogens (tertiary/aromatic N) is 3. The molecule has 26 heavy (non-hydrogen) atoms. The maximum atomic E-state index is 13.9. The summed E-state index contributed by atoms with van der Waals surface area (Å²) in [5, 5.41) is 0. The highest BCUT2D eigenvalue weighted by Crippen LogP contribution is 2.33. The summed E-state index contributed by atoms with van der Waals surface area (Å²) < 4.78 is 22.9. The van der Waals surface area contributed by atoms with Crippen LogP contribution in [-0.2, 0) is 0 Å². The number of ether oxygens (including phenoxy) is 1. The number of hydrogen-bond donors (Lipinski definition) is 1. The molecule has 2 aliphatic heterocycles. The molecule has 0 aliphatic carbocycles. The number of amidine groups is 1. The number of rotatable bonds is 6. The summed E-state index contributed by atoms with van der Waals surface area (Å²) in [5.41, 5.74) is 2.27. The van der Waals surface area contributed by atoms with E-state index >= 15 is 0 Å². The van der Waals surface area contributed by atoms with E-state index in [1.54, 1.807) is 12.1 Å². The molecule has 0 atom stereocenters. The van der Waals surface area contributed by atoms with Crippen LogP contribution in [0, 0.1) is 5.82 Å². The van der Waals surface area contributed by atoms with E-state index in [-0.39, 0.29) is 5.82 Å². The Labute approximate surface area is 156 Å². The first-order valence-electron chi connectivity index (χ1n) is 8.59. The van der Waals surface area contributed by atoms with Crippen LogP contribution in [0.5, 0.6) is 11.5 Å². The molecule has 2 aromatic carbocycles. The molecule has 0 unspecified atom stereocenters. The van der Waals surface area contributed by atoms with E-state index in [9.17, 15) is 4.39 Å². The summed E-state index contributed by atoms with van der Waals surface area (Å²) >= 11 is 1.48. The van der Waals surface area contributed by atoms with Crippen LogP contribution >= 0.6 is 11.9 Å². The minimum Gasteiger partial charge on any atom is -0.457 e. The van der Waals surface area contributed by atoms with Crippen molar-refractivity contribution in [3.8, 4) is 11.5 Å². The van der Waals surface area contributed by atoms with Gasteiger partial charge in [0.05, 0.1) is 24.3 Å². The van der Waals surface area contributed by atoms with Gasteiger partial charge < -0.3 is 14.4 Å². The van der Waals surface area contributed by atoms with Gasteiger partial charge in [-0.15, -0.1) is 0 Å². The Morgan fingerprint density at radius 1 is 1.23 bits per heavy atom. The number of aliphatic imine (C=N–C) groups is 2. The SMILES string of the molecule is CCCSNc1cc(Oc2ccc3c(c2)C2=NCCN2C=N3)ccc1F. The van der Waals surface area contributed by atoms with Crippen LogP contribution in [0.25, 0.3) is 0 Å². The zero-order valence-corrected chi connectivity index (χ0v) is 15.2. The Hall–Kier alpha value is -2.54. The number of hydrogen-bond acceptors (Lipinski definition) is 6. The van der Waals surface area contributed by atoms with Crippen LogP contribution in [0.2, 0.25) is 0 Å². The largest absolute Gasteiger partial charge is 0.457 e. The predicted octanol–water partition coefficient (Wildman–Crippen LogP) is 4.82. The highest BCUT2D eigenvalue weighted by atomic mass is 32.2. The first-order chi connectivity index (χ1) is 12.7. The molecule has 7 heteroatoms. The Morgan fingerprint density at radius 2 is 2.08 bits per heavy atom. The second kappa shape index (κ2) is 7.37. The van der Waals surface area contributed by atoms with Crippen molar-refractivity contribution in [2.45, 2.75) is 13.3 Å². The molecular weight excluding hydrogens is 351 g/mol. The van der Waals surface area contributed by atoms with Gasteiger partial charge in [0.25, 0.3) is 0 Å². The number of benzene rings is 2. The van der Waals surface area contributed by atoms with Gasteiger partial charge in [0.15, 0.2) is 0 Å². The summed E-state index contributed by atoms with van der Waals surface area (Å²) in [4.78, 5) is 11.0. The minimum atomic E-state index is -0.295. The smallest absolute Gasteiger partial charge is 0.147 e. The maximum absolute atomic E-state index is 13.9. The van der Waals surface area contributed by atoms with Gasteiger partial charge >= 0.3 is 0 Å². The molecule has 1 N–H and O–H groups in total. The fourth-order valence-electron chi connectivity index (χ4n) is 2.83. The van der Waals surface area contributed by atoms with Crippen molar-refractivity contribution < 1.29 is 9.13 Å². The van der Waals surface area contributed by atoms with E-state index in [0.717, 1.165) is 42.3 Å². The van der Waals surface area contributed by atoms with E-state index in [0.29, 0.717) is 17.2 Å². The van der Waals surface area contributed by atoms with E-state index in [1.807, 2.05) is 29.4 Å². The summed E-state index contributed by atoms with van der Waals surface area (Å²) in [6.07, 6.45) is 2.84. The Balaban J connectivity index is 1.56. The fourth-order valence-corrected chi connectivity index (χ4v) is 3.45. The standard InChI is InChI=1S/C19H19FN4OS/c1-2-9-26-23-18-11-14(3-5-16(18)20)25-13-4-6-17-15(10-13)19-21-7-8-24(19)12-22-17/h3-6,10-12,23H,2,7-9H2,1H3. The lowest BCUT2D eigenvalue weighted by molar-refractivity contribution is 0.481. The van der Waals surface area contributed by atoms with E-state index in [4.69, 9.17) is 4.74 Å². The second-order valence-electron chi connectivity index (χ2n) is 6.02. The number of nitrogens with one attached hydrogen (secondary N) is 1. The minimum absolute atomic E-state index is 0.295. The van der Waals surface area contributed by atoms with E-state index < -0.39 is 0 Å². The Bertz CT molecular complexity index is 884. The third-order valence-electron chi connectivity index (χ3n) is 4.08. The van der Waals surface area contributed by atoms with Crippen LogP contribution in [-0.4, -0.2) is 35.9 Å². The molecule has 0 fully saturated rings. The molecule has 2 aliphatic rings. The topological polar surface area (TPSA) is 49.2 Å². The highest BCUT2D eigenvalue weighted by Gasteiger charge is 2.23. The molecular formula is C19H19FN4OS. The molecule has 0 saturated heterocycles. The summed E-state index contributed by atoms with van der Waals surface area (Å²) in [7, 11) is 0. The van der Waals surface area contributed by atoms with Crippen LogP contribution in [0.15, 0.2) is 46.4 Å². The van der Waals surface area contributed by atoms with Gasteiger partial charge in [0, 0.05) is 23.9 Å². The van der Waals surface area contributed by atoms with Gasteiger partial charge in [-0.3, -0.25) is 4.99 Å². The van der Waals surface area contributed by atoms with E-state index in [1.165, 1.54) is 18.0 Å². The Morgan fingerprint density at radius 3 is 2.96 bits per heavy atom. The number of fused-ring (bicyclic) bond motifs is 3. The third-order valence-corrected chi connectivity index (χ3v) is 5.06. The lowest BCUT2D eigenvalue weighted by Crippen LogP contribution is -2.29. The molecule has 0 saturated carbocycles. The molecule has 5 nitrogen and oxygen atoms in total. The van der Waals surface area contributed by atoms with Gasteiger partial charge in [-0.25, -0.2) is 9.38 Å². The van der Waals surface area contributed by atoms with Crippen molar-refractivity contribution in [2.75, 3.05) is 23.6 Å². The van der Waals surface area contributed by atoms with Crippen LogP contribution in [0.1, 0.15) is 18.9 Å². The zero-order chi connectivity index (χ0) is 17.9. The van der Waals surface area contributed by atoms with Crippen molar-refractivity contribution in [3.05, 3.63) is 47.8 Å². The van der Waals surface area contributed by atoms with Gasteiger partial charge in [-0.1, -0.05) is 18.9 Å². The van der Waals surface area contributed by atoms with Crippen LogP contribution in [0.3, 0.4) is 0 Å². The lowest BCUT2D eigenvalue weighted by atomic mass is 10.1. The van der Waals surface area contributed by atoms with Crippen molar-refractivity contribution in [1.29, 1.82) is 0 Å². The van der Waals surface area contributed by atoms with Crippen LogP contribution in [0.4, 0.5) is 15.8 Å². The quantitative estimate of drug-likeness (QED) is 0.585. The monoisotopic (exact) mass is 370 g/mol. The average Bonchev–Trinajstić information content (AvgIpc) is 3.14. The van der Waals surface area contributed by atoms with Crippen LogP contribution < -0.4 is 9.46 Å². The molecule has 2 aromatic rings. The second-order valence-corrected chi connectivity index (χ2v) is 6.92. The zero-order valence-electron chi connectivity index (χ0n) is 14.4. The molecule has 4 rings (SSSR count). The third kappa shape index (κ3) is 3.39. The number of anilines is 1. The average molecular weight is 370 g/mol. The van der Waals surface area contributed by atoms with Gasteiger partial charge in [0.2, 0.25) is 0 Å². The molecule has 2 heterocycles. The summed E-state index contributed by atoms with van der Waals surface area (Å²) in [6.45, 7) is 3.71. The first kappa shape index (κ1) is 16.9. The predicted molar refractivity (Wildman–Crippen MR) is 106 cm³/mol. The van der Waals surface area contributed by atoms with Gasteiger partial charge in [-0.2, -0.15) is 0 Å². The van der Waals surface area contributed by atoms with Crippen molar-refractivity contribution >= 4 is 35.5 Å². The fraction of sp³-hybridized carbons (Fsp3) is 0.263. The molecule has 0 bridgehead atoms. The highest BCUT2D eigenvalue weighted by molar-refractivity contribution is 8.00. The van der Waals surface area contributed by atoms with Gasteiger partial charge in [0.1, 0.15) is 23.2 Å². The molecule has 0 spiro atoms. The summed E-state index contributed by atoms with van der Waals surface area (Å²) in [5.74, 6) is 2.80. The molecule has 134 valence electrons.